The highest BCUT2D eigenvalue weighted by atomic mass is 79.9. The Morgan fingerprint density at radius 2 is 1.89 bits per heavy atom. The molecule has 2 aliphatic heterocycles. The molecule has 46 heavy (non-hydrogen) atoms. The maximum atomic E-state index is 13.9. The van der Waals surface area contributed by atoms with Crippen molar-refractivity contribution < 1.29 is 33.3 Å². The first-order chi connectivity index (χ1) is 21.8. The zero-order chi connectivity index (χ0) is 33.7. The van der Waals surface area contributed by atoms with Crippen LogP contribution in [0.1, 0.15) is 39.7 Å². The quantitative estimate of drug-likeness (QED) is 0.236. The summed E-state index contributed by atoms with van der Waals surface area (Å²) in [6.45, 7) is 7.14. The van der Waals surface area contributed by atoms with Gasteiger partial charge < -0.3 is 34.8 Å². The number of aliphatic hydroxyl groups excluding tert-OH is 1. The van der Waals surface area contributed by atoms with Gasteiger partial charge in [0.05, 0.1) is 17.9 Å². The standard InChI is InChI=1S/C34H40BrN3O8/c1-17-12-22-30(40)24(16-25-32(22)45-26-11-10-21(35)15-23(26)37-25)38-33(41)18(2)8-7-9-27(43-5)31(46-34(36)42)20(4)14-19(3)29(39)28(13-17)44-6/h7-11,14-17,19,27-29,31,39H,12-13H2,1-6H3,(H2,36,42)(H,38,41)/b9-7+,18-8-,20-14-/t17-,19+,27+,28-,29+,31-/m1/s1. The molecule has 6 atom stereocenters. The Bertz CT molecular complexity index is 1710. The van der Waals surface area contributed by atoms with Gasteiger partial charge in [-0.15, -0.1) is 0 Å². The van der Waals surface area contributed by atoms with Crippen LogP contribution in [0.25, 0.3) is 22.6 Å². The molecule has 246 valence electrons. The van der Waals surface area contributed by atoms with Gasteiger partial charge in [0, 0.05) is 35.7 Å². The minimum atomic E-state index is -0.987. The van der Waals surface area contributed by atoms with Crippen LogP contribution in [0.15, 0.2) is 73.4 Å². The molecule has 0 aromatic heterocycles. The number of carbonyl (C=O) groups is 2. The summed E-state index contributed by atoms with van der Waals surface area (Å²) in [6, 6.07) is 6.93. The molecule has 4 N–H and O–H groups in total. The second-order valence-corrected chi connectivity index (χ2v) is 12.6. The van der Waals surface area contributed by atoms with E-state index in [1.165, 1.54) is 20.3 Å². The number of methoxy groups -OCH3 is 2. The first-order valence-corrected chi connectivity index (χ1v) is 15.7. The molecule has 2 bridgehead atoms. The lowest BCUT2D eigenvalue weighted by Gasteiger charge is -2.29. The van der Waals surface area contributed by atoms with Crippen molar-refractivity contribution in [1.82, 2.24) is 4.98 Å². The van der Waals surface area contributed by atoms with Crippen molar-refractivity contribution in [2.45, 2.75) is 65.0 Å². The molecule has 1 aromatic carbocycles. The zero-order valence-electron chi connectivity index (χ0n) is 26.7. The van der Waals surface area contributed by atoms with Gasteiger partial charge in [0.15, 0.2) is 17.4 Å². The first-order valence-electron chi connectivity index (χ1n) is 14.9. The number of carbonyl (C=O) groups excluding carboxylic acids is 2. The second kappa shape index (κ2) is 15.2. The van der Waals surface area contributed by atoms with Gasteiger partial charge in [0.2, 0.25) is 5.43 Å². The predicted octanol–water partition coefficient (Wildman–Crippen LogP) is 5.52. The number of aliphatic hydroxyl groups is 1. The summed E-state index contributed by atoms with van der Waals surface area (Å²) in [5.41, 5.74) is 7.82. The lowest BCUT2D eigenvalue weighted by atomic mass is 9.87. The number of benzene rings is 2. The molecule has 0 unspecified atom stereocenters. The molecule has 1 aromatic rings. The molecule has 0 saturated carbocycles. The van der Waals surface area contributed by atoms with Crippen LogP contribution in [-0.4, -0.2) is 60.7 Å². The lowest BCUT2D eigenvalue weighted by Crippen LogP contribution is -2.37. The molecule has 0 radical (unpaired) electrons. The van der Waals surface area contributed by atoms with Gasteiger partial charge in [-0.3, -0.25) is 9.59 Å². The Morgan fingerprint density at radius 3 is 2.57 bits per heavy atom. The van der Waals surface area contributed by atoms with Crippen molar-refractivity contribution in [3.05, 3.63) is 80.0 Å². The average Bonchev–Trinajstić information content (AvgIpc) is 3.01. The van der Waals surface area contributed by atoms with Crippen LogP contribution in [0.3, 0.4) is 0 Å². The Kier molecular flexibility index (Phi) is 11.5. The van der Waals surface area contributed by atoms with E-state index in [9.17, 15) is 19.5 Å². The molecule has 2 heterocycles. The molecule has 0 fully saturated rings. The molecule has 2 amide bonds. The monoisotopic (exact) mass is 697 g/mol. The topological polar surface area (TPSA) is 163 Å². The maximum absolute atomic E-state index is 13.9. The van der Waals surface area contributed by atoms with E-state index >= 15 is 0 Å². The molecule has 4 rings (SSSR count). The van der Waals surface area contributed by atoms with Crippen LogP contribution in [0.4, 0.5) is 10.5 Å². The molecule has 11 nitrogen and oxygen atoms in total. The number of anilines is 1. The highest BCUT2D eigenvalue weighted by molar-refractivity contribution is 9.10. The largest absolute Gasteiger partial charge is 0.452 e. The Balaban J connectivity index is 1.86. The van der Waals surface area contributed by atoms with Crippen molar-refractivity contribution in [3.8, 4) is 11.5 Å². The first kappa shape index (κ1) is 35.0. The summed E-state index contributed by atoms with van der Waals surface area (Å²) in [5.74, 6) is -0.748. The number of nitrogens with zero attached hydrogens (tertiary/aromatic N) is 1. The van der Waals surface area contributed by atoms with E-state index in [0.717, 1.165) is 4.47 Å². The number of nitrogens with two attached hydrogens (primary N) is 1. The van der Waals surface area contributed by atoms with Crippen LogP contribution in [0.2, 0.25) is 0 Å². The third-order valence-electron chi connectivity index (χ3n) is 8.13. The number of aromatic nitrogens is 1. The van der Waals surface area contributed by atoms with Gasteiger partial charge in [0.1, 0.15) is 17.3 Å². The van der Waals surface area contributed by atoms with Crippen molar-refractivity contribution >= 4 is 44.7 Å². The summed E-state index contributed by atoms with van der Waals surface area (Å²) in [4.78, 5) is 43.7. The lowest BCUT2D eigenvalue weighted by molar-refractivity contribution is -0.112. The second-order valence-electron chi connectivity index (χ2n) is 11.7. The predicted molar refractivity (Wildman–Crippen MR) is 179 cm³/mol. The average molecular weight is 699 g/mol. The molecule has 0 saturated heterocycles. The van der Waals surface area contributed by atoms with E-state index in [0.29, 0.717) is 45.7 Å². The Labute approximate surface area is 276 Å². The fraction of sp³-hybridized carbons (Fsp3) is 0.412. The molecule has 1 aliphatic carbocycles. The number of amides is 2. The van der Waals surface area contributed by atoms with Crippen LogP contribution in [-0.2, 0) is 25.4 Å². The smallest absolute Gasteiger partial charge is 0.405 e. The number of hydrogen-bond acceptors (Lipinski definition) is 9. The summed E-state index contributed by atoms with van der Waals surface area (Å²) in [7, 11) is 2.97. The SMILES string of the molecule is CO[C@H]1/C=C/C=C(/C)C(=O)Nc2cc3nc4cc(Br)ccc4oc-3c(c2=O)C[C@@H](C)C[C@@H](OC)[C@@H](O)[C@@H](C)/C=C(/C)[C@H]1OC(N)=O. The number of ether oxygens (including phenoxy) is 3. The molecular weight excluding hydrogens is 658 g/mol. The molecular formula is C34H40BrN3O8. The highest BCUT2D eigenvalue weighted by Crippen LogP contribution is 2.33. The number of primary amides is 1. The number of allylic oxidation sites excluding steroid dienone is 2. The van der Waals surface area contributed by atoms with Crippen molar-refractivity contribution in [2.75, 3.05) is 19.5 Å². The van der Waals surface area contributed by atoms with E-state index in [2.05, 4.69) is 21.2 Å². The van der Waals surface area contributed by atoms with Crippen LogP contribution in [0.5, 0.6) is 0 Å². The summed E-state index contributed by atoms with van der Waals surface area (Å²) < 4.78 is 23.8. The number of rotatable bonds is 3. The van der Waals surface area contributed by atoms with Crippen LogP contribution >= 0.6 is 15.9 Å². The minimum Gasteiger partial charge on any atom is -0.452 e. The van der Waals surface area contributed by atoms with Crippen LogP contribution in [0, 0.1) is 11.8 Å². The number of fused-ring (bicyclic) bond motifs is 5. The zero-order valence-corrected chi connectivity index (χ0v) is 28.3. The summed E-state index contributed by atoms with van der Waals surface area (Å²) >= 11 is 3.46. The summed E-state index contributed by atoms with van der Waals surface area (Å²) in [6.07, 6.45) is 3.03. The third-order valence-corrected chi connectivity index (χ3v) is 8.62. The van der Waals surface area contributed by atoms with Gasteiger partial charge in [-0.2, -0.15) is 0 Å². The van der Waals surface area contributed by atoms with E-state index in [1.807, 2.05) is 26.0 Å². The fourth-order valence-electron chi connectivity index (χ4n) is 5.67. The van der Waals surface area contributed by atoms with E-state index in [-0.39, 0.29) is 23.5 Å². The number of halogens is 1. The number of hydrogen-bond donors (Lipinski definition) is 3. The maximum Gasteiger partial charge on any atom is 0.405 e. The van der Waals surface area contributed by atoms with Gasteiger partial charge in [-0.1, -0.05) is 54.1 Å². The van der Waals surface area contributed by atoms with E-state index in [1.54, 1.807) is 44.2 Å². The van der Waals surface area contributed by atoms with Gasteiger partial charge in [0.25, 0.3) is 5.91 Å². The van der Waals surface area contributed by atoms with Crippen molar-refractivity contribution in [1.29, 1.82) is 0 Å². The van der Waals surface area contributed by atoms with Crippen molar-refractivity contribution in [2.24, 2.45) is 17.6 Å². The third kappa shape index (κ3) is 8.11. The molecule has 0 spiro atoms. The van der Waals surface area contributed by atoms with Gasteiger partial charge in [-0.25, -0.2) is 9.78 Å². The highest BCUT2D eigenvalue weighted by Gasteiger charge is 2.30. The molecule has 12 heteroatoms. The fourth-order valence-corrected chi connectivity index (χ4v) is 6.02. The van der Waals surface area contributed by atoms with Crippen molar-refractivity contribution in [3.63, 3.8) is 0 Å². The normalized spacial score (nSPS) is 28.1. The van der Waals surface area contributed by atoms with Gasteiger partial charge in [-0.05, 0) is 62.4 Å². The van der Waals surface area contributed by atoms with Gasteiger partial charge >= 0.3 is 6.09 Å². The van der Waals surface area contributed by atoms with Crippen LogP contribution < -0.4 is 16.5 Å². The van der Waals surface area contributed by atoms with E-state index < -0.39 is 42.3 Å². The Morgan fingerprint density at radius 1 is 1.15 bits per heavy atom. The number of nitrogens with one attached hydrogen (secondary N) is 1. The van der Waals surface area contributed by atoms with E-state index in [4.69, 9.17) is 29.3 Å². The Hall–Kier alpha value is -3.84. The summed E-state index contributed by atoms with van der Waals surface area (Å²) in [5, 5.41) is 14.1. The molecule has 3 aliphatic rings. The minimum absolute atomic E-state index is 0.0628.